The smallest absolute Gasteiger partial charge is 0.404 e. The number of rotatable bonds is 4. The largest absolute Gasteiger partial charge is 0.573 e. The van der Waals surface area contributed by atoms with E-state index in [0.717, 1.165) is 6.07 Å². The molecule has 0 aliphatic carbocycles. The third kappa shape index (κ3) is 4.12. The van der Waals surface area contributed by atoms with Crippen LogP contribution in [0, 0.1) is 0 Å². The monoisotopic (exact) mass is 307 g/mol. The molecule has 0 saturated heterocycles. The standard InChI is InChI=1S/C16H12F3NO2/c1-11(12-7-3-2-4-8-12)15(21)20-13-9-5-6-10-14(13)22-16(17,18)19/h2-10H,1H2,(H,20,21). The first-order chi connectivity index (χ1) is 10.4. The first-order valence-electron chi connectivity index (χ1n) is 6.27. The van der Waals surface area contributed by atoms with Gasteiger partial charge in [-0.1, -0.05) is 49.0 Å². The Bertz CT molecular complexity index is 681. The Morgan fingerprint density at radius 1 is 1.00 bits per heavy atom. The van der Waals surface area contributed by atoms with E-state index < -0.39 is 18.0 Å². The van der Waals surface area contributed by atoms with Gasteiger partial charge in [-0.2, -0.15) is 0 Å². The predicted octanol–water partition coefficient (Wildman–Crippen LogP) is 4.24. The third-order valence-corrected chi connectivity index (χ3v) is 2.76. The molecular formula is C16H12F3NO2. The molecule has 3 nitrogen and oxygen atoms in total. The van der Waals surface area contributed by atoms with Crippen LogP contribution in [-0.2, 0) is 4.79 Å². The lowest BCUT2D eigenvalue weighted by Crippen LogP contribution is -2.19. The lowest BCUT2D eigenvalue weighted by molar-refractivity contribution is -0.274. The first kappa shape index (κ1) is 15.6. The zero-order valence-corrected chi connectivity index (χ0v) is 11.4. The van der Waals surface area contributed by atoms with Gasteiger partial charge in [0.05, 0.1) is 5.69 Å². The van der Waals surface area contributed by atoms with E-state index >= 15 is 0 Å². The number of para-hydroxylation sites is 2. The van der Waals surface area contributed by atoms with Gasteiger partial charge in [0.2, 0.25) is 0 Å². The normalized spacial score (nSPS) is 10.9. The van der Waals surface area contributed by atoms with Crippen LogP contribution >= 0.6 is 0 Å². The van der Waals surface area contributed by atoms with Crippen LogP contribution in [-0.4, -0.2) is 12.3 Å². The molecule has 1 N–H and O–H groups in total. The number of alkyl halides is 3. The highest BCUT2D eigenvalue weighted by atomic mass is 19.4. The average Bonchev–Trinajstić information content (AvgIpc) is 2.48. The maximum atomic E-state index is 12.3. The Morgan fingerprint density at radius 3 is 2.23 bits per heavy atom. The summed E-state index contributed by atoms with van der Waals surface area (Å²) in [5, 5.41) is 2.37. The third-order valence-electron chi connectivity index (χ3n) is 2.76. The van der Waals surface area contributed by atoms with Crippen molar-refractivity contribution in [1.29, 1.82) is 0 Å². The van der Waals surface area contributed by atoms with E-state index in [0.29, 0.717) is 5.56 Å². The van der Waals surface area contributed by atoms with Crippen LogP contribution in [0.25, 0.3) is 5.57 Å². The van der Waals surface area contributed by atoms with Gasteiger partial charge in [0.15, 0.2) is 5.75 Å². The van der Waals surface area contributed by atoms with Crippen molar-refractivity contribution < 1.29 is 22.7 Å². The number of anilines is 1. The van der Waals surface area contributed by atoms with Crippen LogP contribution < -0.4 is 10.1 Å². The zero-order chi connectivity index (χ0) is 16.2. The highest BCUT2D eigenvalue weighted by Crippen LogP contribution is 2.30. The Balaban J connectivity index is 2.17. The van der Waals surface area contributed by atoms with Gasteiger partial charge in [-0.3, -0.25) is 4.79 Å². The summed E-state index contributed by atoms with van der Waals surface area (Å²) in [6, 6.07) is 13.9. The summed E-state index contributed by atoms with van der Waals surface area (Å²) in [6.45, 7) is 3.65. The van der Waals surface area contributed by atoms with Crippen molar-refractivity contribution in [2.24, 2.45) is 0 Å². The van der Waals surface area contributed by atoms with Crippen LogP contribution in [0.4, 0.5) is 18.9 Å². The number of hydrogen-bond donors (Lipinski definition) is 1. The highest BCUT2D eigenvalue weighted by Gasteiger charge is 2.32. The molecule has 2 aromatic rings. The van der Waals surface area contributed by atoms with Gasteiger partial charge in [0.25, 0.3) is 5.91 Å². The maximum Gasteiger partial charge on any atom is 0.573 e. The number of carbonyl (C=O) groups excluding carboxylic acids is 1. The molecule has 22 heavy (non-hydrogen) atoms. The molecule has 2 aromatic carbocycles. The summed E-state index contributed by atoms with van der Waals surface area (Å²) in [6.07, 6.45) is -4.84. The van der Waals surface area contributed by atoms with Gasteiger partial charge in [0.1, 0.15) is 0 Å². The quantitative estimate of drug-likeness (QED) is 0.858. The molecule has 0 bridgehead atoms. The Hall–Kier alpha value is -2.76. The van der Waals surface area contributed by atoms with Gasteiger partial charge < -0.3 is 10.1 Å². The van der Waals surface area contributed by atoms with Gasteiger partial charge >= 0.3 is 6.36 Å². The van der Waals surface area contributed by atoms with Crippen molar-refractivity contribution in [3.63, 3.8) is 0 Å². The van der Waals surface area contributed by atoms with Gasteiger partial charge in [-0.15, -0.1) is 13.2 Å². The molecule has 0 aromatic heterocycles. The molecule has 0 unspecified atom stereocenters. The van der Waals surface area contributed by atoms with Crippen LogP contribution in [0.1, 0.15) is 5.56 Å². The Kier molecular flexibility index (Phi) is 4.50. The second-order valence-corrected chi connectivity index (χ2v) is 4.34. The number of ether oxygens (including phenoxy) is 1. The molecule has 6 heteroatoms. The molecule has 0 saturated carbocycles. The molecule has 0 aliphatic rings. The number of carbonyl (C=O) groups is 1. The van der Waals surface area contributed by atoms with E-state index in [2.05, 4.69) is 16.6 Å². The summed E-state index contributed by atoms with van der Waals surface area (Å²) in [4.78, 5) is 12.1. The summed E-state index contributed by atoms with van der Waals surface area (Å²) in [7, 11) is 0. The summed E-state index contributed by atoms with van der Waals surface area (Å²) >= 11 is 0. The van der Waals surface area contributed by atoms with Crippen molar-refractivity contribution >= 4 is 17.2 Å². The molecule has 0 atom stereocenters. The predicted molar refractivity (Wildman–Crippen MR) is 77.2 cm³/mol. The van der Waals surface area contributed by atoms with E-state index in [9.17, 15) is 18.0 Å². The van der Waals surface area contributed by atoms with Crippen molar-refractivity contribution in [1.82, 2.24) is 0 Å². The van der Waals surface area contributed by atoms with Crippen molar-refractivity contribution in [3.05, 3.63) is 66.7 Å². The van der Waals surface area contributed by atoms with Crippen LogP contribution in [0.5, 0.6) is 5.75 Å². The van der Waals surface area contributed by atoms with Crippen LogP contribution in [0.2, 0.25) is 0 Å². The average molecular weight is 307 g/mol. The van der Waals surface area contributed by atoms with Crippen molar-refractivity contribution in [3.8, 4) is 5.75 Å². The minimum absolute atomic E-state index is 0.0816. The molecule has 0 aliphatic heterocycles. The minimum Gasteiger partial charge on any atom is -0.404 e. The number of benzene rings is 2. The highest BCUT2D eigenvalue weighted by molar-refractivity contribution is 6.24. The van der Waals surface area contributed by atoms with E-state index in [1.165, 1.54) is 18.2 Å². The zero-order valence-electron chi connectivity index (χ0n) is 11.4. The van der Waals surface area contributed by atoms with Crippen molar-refractivity contribution in [2.45, 2.75) is 6.36 Å². The summed E-state index contributed by atoms with van der Waals surface area (Å²) < 4.78 is 40.9. The number of amides is 1. The molecule has 0 heterocycles. The molecule has 0 spiro atoms. The molecule has 114 valence electrons. The fraction of sp³-hybridized carbons (Fsp3) is 0.0625. The molecule has 0 radical (unpaired) electrons. The van der Waals surface area contributed by atoms with E-state index in [1.807, 2.05) is 0 Å². The molecule has 0 fully saturated rings. The van der Waals surface area contributed by atoms with Crippen molar-refractivity contribution in [2.75, 3.05) is 5.32 Å². The second-order valence-electron chi connectivity index (χ2n) is 4.34. The van der Waals surface area contributed by atoms with Crippen LogP contribution in [0.15, 0.2) is 61.2 Å². The summed E-state index contributed by atoms with van der Waals surface area (Å²) in [5.74, 6) is -1.09. The number of halogens is 3. The molecule has 1 amide bonds. The lowest BCUT2D eigenvalue weighted by atomic mass is 10.1. The SMILES string of the molecule is C=C(C(=O)Nc1ccccc1OC(F)(F)F)c1ccccc1. The van der Waals surface area contributed by atoms with Crippen LogP contribution in [0.3, 0.4) is 0 Å². The Morgan fingerprint density at radius 2 is 1.59 bits per heavy atom. The van der Waals surface area contributed by atoms with E-state index in [1.54, 1.807) is 30.3 Å². The van der Waals surface area contributed by atoms with E-state index in [4.69, 9.17) is 0 Å². The summed E-state index contributed by atoms with van der Waals surface area (Å²) in [5.41, 5.74) is 0.638. The van der Waals surface area contributed by atoms with Gasteiger partial charge in [-0.05, 0) is 17.7 Å². The number of hydrogen-bond acceptors (Lipinski definition) is 2. The first-order valence-corrected chi connectivity index (χ1v) is 6.27. The van der Waals surface area contributed by atoms with Gasteiger partial charge in [0, 0.05) is 5.57 Å². The van der Waals surface area contributed by atoms with Gasteiger partial charge in [-0.25, -0.2) is 0 Å². The number of nitrogens with one attached hydrogen (secondary N) is 1. The van der Waals surface area contributed by atoms with E-state index in [-0.39, 0.29) is 11.3 Å². The fourth-order valence-electron chi connectivity index (χ4n) is 1.75. The topological polar surface area (TPSA) is 38.3 Å². The lowest BCUT2D eigenvalue weighted by Gasteiger charge is -2.14. The fourth-order valence-corrected chi connectivity index (χ4v) is 1.75. The minimum atomic E-state index is -4.84. The Labute approximate surface area is 125 Å². The molecular weight excluding hydrogens is 295 g/mol. The maximum absolute atomic E-state index is 12.3. The second kappa shape index (κ2) is 6.34. The molecule has 2 rings (SSSR count).